The number of aromatic amines is 1. The van der Waals surface area contributed by atoms with Gasteiger partial charge in [-0.05, 0) is 31.1 Å². The summed E-state index contributed by atoms with van der Waals surface area (Å²) in [5.41, 5.74) is 2.00. The van der Waals surface area contributed by atoms with Crippen molar-refractivity contribution in [2.24, 2.45) is 0 Å². The Morgan fingerprint density at radius 1 is 1.38 bits per heavy atom. The minimum atomic E-state index is -1.07. The van der Waals surface area contributed by atoms with Crippen molar-refractivity contribution in [1.29, 1.82) is 0 Å². The second-order valence-corrected chi connectivity index (χ2v) is 6.77. The lowest BCUT2D eigenvalue weighted by molar-refractivity contribution is 0.0701. The van der Waals surface area contributed by atoms with E-state index >= 15 is 0 Å². The van der Waals surface area contributed by atoms with Gasteiger partial charge in [0.15, 0.2) is 5.82 Å². The number of rotatable bonds is 3. The number of thiophene rings is 1. The lowest BCUT2D eigenvalue weighted by atomic mass is 10.1. The van der Waals surface area contributed by atoms with Crippen molar-refractivity contribution in [3.8, 4) is 0 Å². The Bertz CT molecular complexity index is 1050. The van der Waals surface area contributed by atoms with Gasteiger partial charge in [-0.25, -0.2) is 9.78 Å². The maximum atomic E-state index is 12.3. The summed E-state index contributed by atoms with van der Waals surface area (Å²) in [4.78, 5) is 30.9. The monoisotopic (exact) mass is 360 g/mol. The van der Waals surface area contributed by atoms with E-state index in [1.165, 1.54) is 0 Å². The molecule has 1 aromatic carbocycles. The van der Waals surface area contributed by atoms with E-state index in [0.717, 1.165) is 22.5 Å². The Morgan fingerprint density at radius 3 is 2.79 bits per heavy atom. The molecule has 122 valence electrons. The molecule has 0 aliphatic carbocycles. The number of aromatic nitrogens is 2. The zero-order valence-corrected chi connectivity index (χ0v) is 14.5. The van der Waals surface area contributed by atoms with Crippen LogP contribution in [-0.2, 0) is 0 Å². The van der Waals surface area contributed by atoms with Crippen LogP contribution in [-0.4, -0.2) is 21.0 Å². The first-order chi connectivity index (χ1) is 11.4. The first kappa shape index (κ1) is 16.4. The van der Waals surface area contributed by atoms with Gasteiger partial charge < -0.3 is 10.1 Å². The average Bonchev–Trinajstić information content (AvgIpc) is 2.85. The number of carbonyl (C=O) groups is 1. The molecule has 0 unspecified atom stereocenters. The van der Waals surface area contributed by atoms with Gasteiger partial charge in [-0.2, -0.15) is 0 Å². The highest BCUT2D eigenvalue weighted by molar-refractivity contribution is 7.20. The zero-order chi connectivity index (χ0) is 17.4. The zero-order valence-electron chi connectivity index (χ0n) is 12.9. The minimum Gasteiger partial charge on any atom is -0.477 e. The Morgan fingerprint density at radius 2 is 2.12 bits per heavy atom. The lowest BCUT2D eigenvalue weighted by Gasteiger charge is -2.01. The molecular weight excluding hydrogens is 348 g/mol. The summed E-state index contributed by atoms with van der Waals surface area (Å²) in [5.74, 6) is -0.855. The van der Waals surface area contributed by atoms with Crippen LogP contribution >= 0.6 is 22.9 Å². The summed E-state index contributed by atoms with van der Waals surface area (Å²) in [6, 6.07) is 7.73. The van der Waals surface area contributed by atoms with Gasteiger partial charge in [0.05, 0.1) is 10.4 Å². The average molecular weight is 361 g/mol. The molecule has 0 bridgehead atoms. The normalized spacial score (nSPS) is 11.9. The fourth-order valence-corrected chi connectivity index (χ4v) is 3.67. The van der Waals surface area contributed by atoms with E-state index in [4.69, 9.17) is 11.6 Å². The fraction of sp³-hybridized carbons (Fsp3) is 0.118. The number of carboxylic acids is 1. The van der Waals surface area contributed by atoms with E-state index in [2.05, 4.69) is 9.97 Å². The van der Waals surface area contributed by atoms with Crippen LogP contribution in [0.15, 0.2) is 29.1 Å². The molecule has 0 aliphatic heterocycles. The predicted molar refractivity (Wildman–Crippen MR) is 96.8 cm³/mol. The van der Waals surface area contributed by atoms with E-state index in [1.54, 1.807) is 13.0 Å². The minimum absolute atomic E-state index is 0.110. The molecule has 3 rings (SSSR count). The van der Waals surface area contributed by atoms with Crippen molar-refractivity contribution in [2.45, 2.75) is 13.8 Å². The third kappa shape index (κ3) is 2.98. The molecular formula is C17H13ClN2O3S. The van der Waals surface area contributed by atoms with Crippen LogP contribution < -0.4 is 5.56 Å². The van der Waals surface area contributed by atoms with Crippen LogP contribution in [0.4, 0.5) is 0 Å². The van der Waals surface area contributed by atoms with Gasteiger partial charge in [0.2, 0.25) is 0 Å². The van der Waals surface area contributed by atoms with E-state index in [1.807, 2.05) is 31.2 Å². The van der Waals surface area contributed by atoms with E-state index < -0.39 is 11.5 Å². The van der Waals surface area contributed by atoms with Crippen molar-refractivity contribution in [3.63, 3.8) is 0 Å². The molecule has 2 heterocycles. The number of nitrogens with zero attached hydrogens (tertiary/aromatic N) is 1. The Hall–Kier alpha value is -2.44. The predicted octanol–water partition coefficient (Wildman–Crippen LogP) is 4.04. The summed E-state index contributed by atoms with van der Waals surface area (Å²) in [5, 5.41) is 9.76. The fourth-order valence-electron chi connectivity index (χ4n) is 2.44. The molecule has 0 spiro atoms. The first-order valence-corrected chi connectivity index (χ1v) is 8.27. The Balaban J connectivity index is 2.14. The second kappa shape index (κ2) is 6.22. The molecule has 3 aromatic rings. The highest BCUT2D eigenvalue weighted by atomic mass is 35.5. The largest absolute Gasteiger partial charge is 0.477 e. The number of aryl methyl sites for hydroxylation is 2. The third-order valence-electron chi connectivity index (χ3n) is 3.56. The van der Waals surface area contributed by atoms with Gasteiger partial charge in [-0.15, -0.1) is 11.3 Å². The molecule has 0 amide bonds. The van der Waals surface area contributed by atoms with Crippen molar-refractivity contribution in [1.82, 2.24) is 9.97 Å². The smallest absolute Gasteiger partial charge is 0.346 e. The number of hydrogen-bond acceptors (Lipinski definition) is 4. The van der Waals surface area contributed by atoms with Gasteiger partial charge in [0.25, 0.3) is 5.56 Å². The lowest BCUT2D eigenvalue weighted by Crippen LogP contribution is -2.10. The number of nitrogens with one attached hydrogen (secondary N) is 1. The molecule has 0 saturated heterocycles. The summed E-state index contributed by atoms with van der Waals surface area (Å²) in [6.07, 6.45) is 1.71. The van der Waals surface area contributed by atoms with Gasteiger partial charge in [-0.3, -0.25) is 4.79 Å². The van der Waals surface area contributed by atoms with Crippen molar-refractivity contribution in [2.75, 3.05) is 0 Å². The SMILES string of the molecule is Cc1cccc(C=C(Cl)c2nc3sc(C(=O)O)c(C)c3c(=O)[nH]2)c1. The van der Waals surface area contributed by atoms with E-state index in [9.17, 15) is 14.7 Å². The number of aromatic carboxylic acids is 1. The van der Waals surface area contributed by atoms with Crippen LogP contribution in [0, 0.1) is 13.8 Å². The van der Waals surface area contributed by atoms with E-state index in [0.29, 0.717) is 15.8 Å². The maximum Gasteiger partial charge on any atom is 0.346 e. The number of halogens is 1. The topological polar surface area (TPSA) is 83.0 Å². The molecule has 7 heteroatoms. The van der Waals surface area contributed by atoms with Crippen molar-refractivity contribution >= 4 is 50.2 Å². The van der Waals surface area contributed by atoms with Gasteiger partial charge in [-0.1, -0.05) is 41.4 Å². The van der Waals surface area contributed by atoms with Crippen LogP contribution in [0.5, 0.6) is 0 Å². The highest BCUT2D eigenvalue weighted by Crippen LogP contribution is 2.28. The number of hydrogen-bond donors (Lipinski definition) is 2. The third-order valence-corrected chi connectivity index (χ3v) is 5.02. The molecule has 2 N–H and O–H groups in total. The molecule has 0 atom stereocenters. The number of H-pyrrole nitrogens is 1. The molecule has 0 aliphatic rings. The van der Waals surface area contributed by atoms with Crippen molar-refractivity contribution in [3.05, 3.63) is 62.0 Å². The molecule has 0 saturated carbocycles. The van der Waals surface area contributed by atoms with Gasteiger partial charge in [0, 0.05) is 0 Å². The standard InChI is InChI=1S/C17H13ClN2O3S/c1-8-4-3-5-10(6-8)7-11(18)14-19-15(21)12-9(2)13(17(22)23)24-16(12)20-14/h3-7H,1-2H3,(H,22,23)(H,19,20,21). The van der Waals surface area contributed by atoms with Gasteiger partial charge in [0.1, 0.15) is 9.71 Å². The maximum absolute atomic E-state index is 12.3. The molecule has 5 nitrogen and oxygen atoms in total. The number of fused-ring (bicyclic) bond motifs is 1. The van der Waals surface area contributed by atoms with Crippen LogP contribution in [0.1, 0.15) is 32.2 Å². The van der Waals surface area contributed by atoms with Gasteiger partial charge >= 0.3 is 5.97 Å². The van der Waals surface area contributed by atoms with Crippen LogP contribution in [0.2, 0.25) is 0 Å². The van der Waals surface area contributed by atoms with Crippen molar-refractivity contribution < 1.29 is 9.90 Å². The summed E-state index contributed by atoms with van der Waals surface area (Å²) in [7, 11) is 0. The Kier molecular flexibility index (Phi) is 4.26. The Labute approximate surface area is 146 Å². The summed E-state index contributed by atoms with van der Waals surface area (Å²) < 4.78 is 0. The molecule has 0 fully saturated rings. The quantitative estimate of drug-likeness (QED) is 0.738. The van der Waals surface area contributed by atoms with E-state index in [-0.39, 0.29) is 15.7 Å². The highest BCUT2D eigenvalue weighted by Gasteiger charge is 2.19. The summed E-state index contributed by atoms with van der Waals surface area (Å²) >= 11 is 7.26. The number of carboxylic acid groups (broad SMARTS) is 1. The second-order valence-electron chi connectivity index (χ2n) is 5.36. The first-order valence-electron chi connectivity index (χ1n) is 7.08. The van der Waals surface area contributed by atoms with Crippen LogP contribution in [0.25, 0.3) is 21.3 Å². The number of benzene rings is 1. The summed E-state index contributed by atoms with van der Waals surface area (Å²) in [6.45, 7) is 3.57. The molecule has 0 radical (unpaired) electrons. The molecule has 2 aromatic heterocycles. The molecule has 24 heavy (non-hydrogen) atoms. The van der Waals surface area contributed by atoms with Crippen LogP contribution in [0.3, 0.4) is 0 Å².